The highest BCUT2D eigenvalue weighted by molar-refractivity contribution is 5.54. The van der Waals surface area contributed by atoms with E-state index in [0.29, 0.717) is 5.69 Å². The summed E-state index contributed by atoms with van der Waals surface area (Å²) in [6, 6.07) is 5.78. The van der Waals surface area contributed by atoms with Crippen LogP contribution in [0.2, 0.25) is 0 Å². The summed E-state index contributed by atoms with van der Waals surface area (Å²) < 4.78 is 42.4. The van der Waals surface area contributed by atoms with Crippen molar-refractivity contribution in [3.8, 4) is 11.4 Å². The topological polar surface area (TPSA) is 39.1 Å². The highest BCUT2D eigenvalue weighted by Crippen LogP contribution is 2.29. The van der Waals surface area contributed by atoms with Crippen LogP contribution >= 0.6 is 0 Å². The lowest BCUT2D eigenvalue weighted by molar-refractivity contribution is -0.274. The Labute approximate surface area is 132 Å². The number of hydrogen-bond acceptors (Lipinski definition) is 3. The molecule has 0 saturated carbocycles. The predicted octanol–water partition coefficient (Wildman–Crippen LogP) is 4.08. The Bertz CT molecular complexity index is 677. The molecule has 7 heteroatoms. The van der Waals surface area contributed by atoms with Gasteiger partial charge in [0.25, 0.3) is 0 Å². The maximum absolute atomic E-state index is 12.2. The van der Waals surface area contributed by atoms with Gasteiger partial charge in [0.1, 0.15) is 11.6 Å². The molecule has 1 aromatic heterocycles. The Kier molecular flexibility index (Phi) is 4.19. The zero-order valence-electron chi connectivity index (χ0n) is 12.8. The first-order valence-corrected chi connectivity index (χ1v) is 7.69. The third kappa shape index (κ3) is 3.43. The van der Waals surface area contributed by atoms with E-state index in [0.717, 1.165) is 43.7 Å². The summed E-state index contributed by atoms with van der Waals surface area (Å²) in [5.41, 5.74) is 2.95. The number of rotatable bonds is 3. The van der Waals surface area contributed by atoms with Crippen LogP contribution in [0.5, 0.6) is 5.75 Å². The van der Waals surface area contributed by atoms with Crippen LogP contribution in [-0.4, -0.2) is 22.7 Å². The zero-order valence-corrected chi connectivity index (χ0v) is 12.8. The summed E-state index contributed by atoms with van der Waals surface area (Å²) >= 11 is 0. The van der Waals surface area contributed by atoms with E-state index >= 15 is 0 Å². The fourth-order valence-corrected chi connectivity index (χ4v) is 2.83. The van der Waals surface area contributed by atoms with Crippen LogP contribution in [0.15, 0.2) is 24.3 Å². The van der Waals surface area contributed by atoms with Gasteiger partial charge in [-0.1, -0.05) is 6.92 Å². The van der Waals surface area contributed by atoms with Crippen molar-refractivity contribution in [3.63, 3.8) is 0 Å². The van der Waals surface area contributed by atoms with Gasteiger partial charge in [0, 0.05) is 12.1 Å². The molecule has 124 valence electrons. The van der Waals surface area contributed by atoms with Gasteiger partial charge in [-0.05, 0) is 49.9 Å². The number of ether oxygens (including phenoxy) is 1. The molecule has 23 heavy (non-hydrogen) atoms. The van der Waals surface area contributed by atoms with E-state index in [1.54, 1.807) is 16.8 Å². The fraction of sp³-hybridized carbons (Fsp3) is 0.438. The average Bonchev–Trinajstić information content (AvgIpc) is 2.67. The number of nitrogens with zero attached hydrogens (tertiary/aromatic N) is 2. The van der Waals surface area contributed by atoms with Gasteiger partial charge in [0.2, 0.25) is 0 Å². The minimum atomic E-state index is -4.68. The highest BCUT2D eigenvalue weighted by atomic mass is 19.4. The third-order valence-corrected chi connectivity index (χ3v) is 3.86. The summed E-state index contributed by atoms with van der Waals surface area (Å²) in [4.78, 5) is 0. The number of halogens is 3. The minimum Gasteiger partial charge on any atom is -0.406 e. The molecule has 2 heterocycles. The average molecular weight is 325 g/mol. The molecule has 0 amide bonds. The van der Waals surface area contributed by atoms with Crippen LogP contribution in [0.4, 0.5) is 19.0 Å². The van der Waals surface area contributed by atoms with E-state index in [9.17, 15) is 13.2 Å². The van der Waals surface area contributed by atoms with Gasteiger partial charge in [0.15, 0.2) is 0 Å². The molecule has 0 bridgehead atoms. The Balaban J connectivity index is 1.94. The summed E-state index contributed by atoms with van der Waals surface area (Å²) in [7, 11) is 0. The van der Waals surface area contributed by atoms with Crippen LogP contribution in [0.3, 0.4) is 0 Å². The molecule has 1 aliphatic rings. The van der Waals surface area contributed by atoms with Gasteiger partial charge >= 0.3 is 6.36 Å². The molecule has 1 N–H and O–H groups in total. The number of nitrogens with one attached hydrogen (secondary N) is 1. The Morgan fingerprint density at radius 2 is 1.96 bits per heavy atom. The van der Waals surface area contributed by atoms with E-state index in [-0.39, 0.29) is 5.75 Å². The van der Waals surface area contributed by atoms with Crippen LogP contribution in [0.25, 0.3) is 5.69 Å². The second-order valence-electron chi connectivity index (χ2n) is 5.46. The largest absolute Gasteiger partial charge is 0.573 e. The van der Waals surface area contributed by atoms with Gasteiger partial charge in [0.05, 0.1) is 11.4 Å². The van der Waals surface area contributed by atoms with Crippen molar-refractivity contribution in [3.05, 3.63) is 35.5 Å². The van der Waals surface area contributed by atoms with Crippen molar-refractivity contribution in [2.24, 2.45) is 0 Å². The highest BCUT2D eigenvalue weighted by Gasteiger charge is 2.31. The van der Waals surface area contributed by atoms with Crippen molar-refractivity contribution < 1.29 is 17.9 Å². The number of benzene rings is 1. The maximum atomic E-state index is 12.2. The maximum Gasteiger partial charge on any atom is 0.573 e. The standard InChI is InChI=1S/C16H18F3N3O/c1-2-14-13-5-3-4-10-20-15(13)22(21-14)11-6-8-12(9-7-11)23-16(17,18)19/h6-9,20H,2-5,10H2,1H3. The first kappa shape index (κ1) is 15.7. The van der Waals surface area contributed by atoms with Gasteiger partial charge in [-0.2, -0.15) is 5.10 Å². The summed E-state index contributed by atoms with van der Waals surface area (Å²) in [5.74, 6) is 0.715. The van der Waals surface area contributed by atoms with Gasteiger partial charge in [-0.15, -0.1) is 13.2 Å². The van der Waals surface area contributed by atoms with Crippen molar-refractivity contribution in [2.75, 3.05) is 11.9 Å². The van der Waals surface area contributed by atoms with Crippen LogP contribution < -0.4 is 10.1 Å². The van der Waals surface area contributed by atoms with E-state index in [2.05, 4.69) is 22.1 Å². The van der Waals surface area contributed by atoms with Crippen molar-refractivity contribution in [2.45, 2.75) is 39.0 Å². The molecule has 0 radical (unpaired) electrons. The van der Waals surface area contributed by atoms with Crippen molar-refractivity contribution in [1.82, 2.24) is 9.78 Å². The molecule has 0 fully saturated rings. The summed E-state index contributed by atoms with van der Waals surface area (Å²) in [6.45, 7) is 2.93. The van der Waals surface area contributed by atoms with Crippen molar-refractivity contribution in [1.29, 1.82) is 0 Å². The summed E-state index contributed by atoms with van der Waals surface area (Å²) in [6.07, 6.45) is -0.679. The smallest absolute Gasteiger partial charge is 0.406 e. The number of aromatic nitrogens is 2. The molecule has 0 unspecified atom stereocenters. The fourth-order valence-electron chi connectivity index (χ4n) is 2.83. The third-order valence-electron chi connectivity index (χ3n) is 3.86. The van der Waals surface area contributed by atoms with E-state index in [1.807, 2.05) is 0 Å². The van der Waals surface area contributed by atoms with E-state index in [1.165, 1.54) is 17.7 Å². The number of hydrogen-bond donors (Lipinski definition) is 1. The lowest BCUT2D eigenvalue weighted by Crippen LogP contribution is -2.17. The first-order chi connectivity index (χ1) is 11.0. The van der Waals surface area contributed by atoms with Crippen LogP contribution in [0.1, 0.15) is 31.0 Å². The SMILES string of the molecule is CCc1nn(-c2ccc(OC(F)(F)F)cc2)c2c1CCCCN2. The molecule has 0 spiro atoms. The molecule has 1 aliphatic heterocycles. The molecule has 3 rings (SSSR count). The quantitative estimate of drug-likeness (QED) is 0.924. The lowest BCUT2D eigenvalue weighted by atomic mass is 10.1. The number of anilines is 1. The van der Waals surface area contributed by atoms with Crippen LogP contribution in [0, 0.1) is 0 Å². The second-order valence-corrected chi connectivity index (χ2v) is 5.46. The van der Waals surface area contributed by atoms with Gasteiger partial charge in [-0.25, -0.2) is 4.68 Å². The molecular formula is C16H18F3N3O. The number of alkyl halides is 3. The molecule has 1 aromatic carbocycles. The predicted molar refractivity (Wildman–Crippen MR) is 81.1 cm³/mol. The molecule has 0 saturated heterocycles. The Hall–Kier alpha value is -2.18. The lowest BCUT2D eigenvalue weighted by Gasteiger charge is -2.11. The molecular weight excluding hydrogens is 307 g/mol. The summed E-state index contributed by atoms with van der Waals surface area (Å²) in [5, 5.41) is 8.01. The normalized spacial score (nSPS) is 14.8. The zero-order chi connectivity index (χ0) is 16.4. The molecule has 0 atom stereocenters. The van der Waals surface area contributed by atoms with Gasteiger partial charge in [-0.3, -0.25) is 0 Å². The monoisotopic (exact) mass is 325 g/mol. The second kappa shape index (κ2) is 6.14. The molecule has 2 aromatic rings. The Morgan fingerprint density at radius 3 is 2.61 bits per heavy atom. The minimum absolute atomic E-state index is 0.233. The van der Waals surface area contributed by atoms with Crippen LogP contribution in [-0.2, 0) is 12.8 Å². The van der Waals surface area contributed by atoms with E-state index in [4.69, 9.17) is 0 Å². The van der Waals surface area contributed by atoms with E-state index < -0.39 is 6.36 Å². The Morgan fingerprint density at radius 1 is 1.22 bits per heavy atom. The molecule has 4 nitrogen and oxygen atoms in total. The van der Waals surface area contributed by atoms with Crippen molar-refractivity contribution >= 4 is 5.82 Å². The number of aryl methyl sites for hydroxylation is 1. The molecule has 0 aliphatic carbocycles. The first-order valence-electron chi connectivity index (χ1n) is 7.69. The van der Waals surface area contributed by atoms with Gasteiger partial charge < -0.3 is 10.1 Å². The number of fused-ring (bicyclic) bond motifs is 1.